The molecule has 0 aliphatic carbocycles. The molecule has 5 rings (SSSR count). The summed E-state index contributed by atoms with van der Waals surface area (Å²) in [7, 11) is 0. The molecule has 1 aliphatic rings. The maximum Gasteiger partial charge on any atom is 0.325 e. The van der Waals surface area contributed by atoms with Gasteiger partial charge in [0.2, 0.25) is 5.91 Å². The van der Waals surface area contributed by atoms with Gasteiger partial charge < -0.3 is 15.1 Å². The van der Waals surface area contributed by atoms with E-state index < -0.39 is 29.9 Å². The summed E-state index contributed by atoms with van der Waals surface area (Å²) in [5.41, 5.74) is 1.82. The van der Waals surface area contributed by atoms with E-state index in [1.54, 1.807) is 24.4 Å². The largest absolute Gasteiger partial charge is 0.454 e. The third kappa shape index (κ3) is 3.76. The summed E-state index contributed by atoms with van der Waals surface area (Å²) in [6.45, 7) is 3.16. The lowest BCUT2D eigenvalue weighted by atomic mass is 9.91. The lowest BCUT2D eigenvalue weighted by molar-refractivity contribution is -0.133. The van der Waals surface area contributed by atoms with Crippen LogP contribution in [0.3, 0.4) is 0 Å². The number of anilines is 1. The van der Waals surface area contributed by atoms with Crippen molar-refractivity contribution in [3.8, 4) is 11.5 Å². The standard InChI is InChI=1S/C24H20N4O4S/c1-14-7-9-16(10-8-14)24(2)21(30)28(23(31)27-24)12-20(29)26-22-25-17(13-33-22)19-11-15-5-3-4-6-18(15)32-19/h3-11,13H,12H2,1-2H3,(H,27,31)(H,25,26,29). The highest BCUT2D eigenvalue weighted by atomic mass is 32.1. The Bertz CT molecular complexity index is 1360. The second kappa shape index (κ2) is 7.86. The number of nitrogens with one attached hydrogen (secondary N) is 2. The van der Waals surface area contributed by atoms with Crippen LogP contribution in [0.1, 0.15) is 18.1 Å². The first-order chi connectivity index (χ1) is 15.8. The molecule has 3 heterocycles. The van der Waals surface area contributed by atoms with Crippen LogP contribution in [-0.2, 0) is 15.1 Å². The van der Waals surface area contributed by atoms with E-state index in [9.17, 15) is 14.4 Å². The molecule has 0 bridgehead atoms. The minimum absolute atomic E-state index is 0.351. The van der Waals surface area contributed by atoms with Crippen molar-refractivity contribution in [1.82, 2.24) is 15.2 Å². The summed E-state index contributed by atoms with van der Waals surface area (Å²) in [6.07, 6.45) is 0. The Balaban J connectivity index is 1.28. The summed E-state index contributed by atoms with van der Waals surface area (Å²) in [4.78, 5) is 43.4. The van der Waals surface area contributed by atoms with Crippen LogP contribution in [0.5, 0.6) is 0 Å². The van der Waals surface area contributed by atoms with Crippen molar-refractivity contribution in [2.24, 2.45) is 0 Å². The van der Waals surface area contributed by atoms with E-state index in [1.807, 2.05) is 49.4 Å². The Morgan fingerprint density at radius 3 is 2.70 bits per heavy atom. The number of thiazole rings is 1. The van der Waals surface area contributed by atoms with Crippen molar-refractivity contribution < 1.29 is 18.8 Å². The Morgan fingerprint density at radius 1 is 1.18 bits per heavy atom. The van der Waals surface area contributed by atoms with Crippen molar-refractivity contribution in [3.05, 3.63) is 71.1 Å². The number of para-hydroxylation sites is 1. The molecule has 4 amide bonds. The van der Waals surface area contributed by atoms with Gasteiger partial charge in [0, 0.05) is 10.8 Å². The van der Waals surface area contributed by atoms with Crippen molar-refractivity contribution in [2.75, 3.05) is 11.9 Å². The van der Waals surface area contributed by atoms with E-state index in [4.69, 9.17) is 4.42 Å². The quantitative estimate of drug-likeness (QED) is 0.433. The SMILES string of the molecule is Cc1ccc(C2(C)NC(=O)N(CC(=O)Nc3nc(-c4cc5ccccc5o4)cs3)C2=O)cc1. The number of carbonyl (C=O) groups excluding carboxylic acids is 3. The number of amides is 4. The molecule has 166 valence electrons. The molecular formula is C24H20N4O4S. The monoisotopic (exact) mass is 460 g/mol. The number of rotatable bonds is 5. The van der Waals surface area contributed by atoms with Crippen LogP contribution in [0.4, 0.5) is 9.93 Å². The van der Waals surface area contributed by atoms with Gasteiger partial charge in [0.1, 0.15) is 23.4 Å². The van der Waals surface area contributed by atoms with E-state index in [0.717, 1.165) is 21.4 Å². The highest BCUT2D eigenvalue weighted by Gasteiger charge is 2.49. The molecular weight excluding hydrogens is 440 g/mol. The van der Waals surface area contributed by atoms with Gasteiger partial charge in [0.05, 0.1) is 0 Å². The third-order valence-electron chi connectivity index (χ3n) is 5.63. The fraction of sp³-hybridized carbons (Fsp3) is 0.167. The van der Waals surface area contributed by atoms with E-state index in [0.29, 0.717) is 22.1 Å². The number of imide groups is 1. The number of benzene rings is 2. The molecule has 33 heavy (non-hydrogen) atoms. The number of furan rings is 1. The number of fused-ring (bicyclic) bond motifs is 1. The fourth-order valence-electron chi connectivity index (χ4n) is 3.78. The van der Waals surface area contributed by atoms with Gasteiger partial charge in [-0.25, -0.2) is 9.78 Å². The minimum Gasteiger partial charge on any atom is -0.454 e. The van der Waals surface area contributed by atoms with Gasteiger partial charge in [-0.05, 0) is 31.5 Å². The number of hydrogen-bond donors (Lipinski definition) is 2. The number of aryl methyl sites for hydroxylation is 1. The molecule has 1 unspecified atom stereocenters. The topological polar surface area (TPSA) is 105 Å². The molecule has 8 nitrogen and oxygen atoms in total. The number of carbonyl (C=O) groups is 3. The Morgan fingerprint density at radius 2 is 1.94 bits per heavy atom. The summed E-state index contributed by atoms with van der Waals surface area (Å²) in [5, 5.41) is 8.45. The lowest BCUT2D eigenvalue weighted by Crippen LogP contribution is -2.42. The number of nitrogens with zero attached hydrogens (tertiary/aromatic N) is 2. The first kappa shape index (κ1) is 20.9. The molecule has 1 aliphatic heterocycles. The summed E-state index contributed by atoms with van der Waals surface area (Å²) in [5.74, 6) is -0.401. The third-order valence-corrected chi connectivity index (χ3v) is 6.39. The Hall–Kier alpha value is -3.98. The zero-order valence-corrected chi connectivity index (χ0v) is 18.7. The first-order valence-electron chi connectivity index (χ1n) is 10.3. The van der Waals surface area contributed by atoms with E-state index in [2.05, 4.69) is 15.6 Å². The number of aromatic nitrogens is 1. The van der Waals surface area contributed by atoms with Crippen molar-refractivity contribution in [1.29, 1.82) is 0 Å². The molecule has 0 spiro atoms. The van der Waals surface area contributed by atoms with Crippen molar-refractivity contribution in [2.45, 2.75) is 19.4 Å². The maximum absolute atomic E-state index is 13.0. The first-order valence-corrected chi connectivity index (χ1v) is 11.2. The van der Waals surface area contributed by atoms with E-state index in [-0.39, 0.29) is 0 Å². The highest BCUT2D eigenvalue weighted by Crippen LogP contribution is 2.31. The molecule has 1 atom stereocenters. The van der Waals surface area contributed by atoms with Crippen LogP contribution in [0.15, 0.2) is 64.4 Å². The van der Waals surface area contributed by atoms with Gasteiger partial charge in [0.25, 0.3) is 5.91 Å². The number of urea groups is 1. The van der Waals surface area contributed by atoms with Gasteiger partial charge >= 0.3 is 6.03 Å². The molecule has 2 N–H and O–H groups in total. The predicted molar refractivity (Wildman–Crippen MR) is 125 cm³/mol. The predicted octanol–water partition coefficient (Wildman–Crippen LogP) is 4.27. The van der Waals surface area contributed by atoms with Crippen LogP contribution >= 0.6 is 11.3 Å². The molecule has 0 saturated carbocycles. The van der Waals surface area contributed by atoms with Crippen LogP contribution < -0.4 is 10.6 Å². The summed E-state index contributed by atoms with van der Waals surface area (Å²) < 4.78 is 5.81. The van der Waals surface area contributed by atoms with E-state index in [1.165, 1.54) is 11.3 Å². The molecule has 1 fully saturated rings. The lowest BCUT2D eigenvalue weighted by Gasteiger charge is -2.22. The van der Waals surface area contributed by atoms with Crippen molar-refractivity contribution >= 4 is 45.3 Å². The zero-order valence-electron chi connectivity index (χ0n) is 17.9. The van der Waals surface area contributed by atoms with Gasteiger partial charge in [0.15, 0.2) is 10.9 Å². The molecule has 9 heteroatoms. The van der Waals surface area contributed by atoms with Gasteiger partial charge in [-0.3, -0.25) is 14.5 Å². The van der Waals surface area contributed by atoms with Crippen LogP contribution in [0, 0.1) is 6.92 Å². The minimum atomic E-state index is -1.22. The van der Waals surface area contributed by atoms with Gasteiger partial charge in [-0.1, -0.05) is 48.0 Å². The van der Waals surface area contributed by atoms with Crippen LogP contribution in [-0.4, -0.2) is 34.3 Å². The fourth-order valence-corrected chi connectivity index (χ4v) is 4.49. The average molecular weight is 461 g/mol. The maximum atomic E-state index is 13.0. The normalized spacial score (nSPS) is 18.1. The van der Waals surface area contributed by atoms with Crippen LogP contribution in [0.2, 0.25) is 0 Å². The smallest absolute Gasteiger partial charge is 0.325 e. The molecule has 2 aromatic heterocycles. The zero-order chi connectivity index (χ0) is 23.2. The Labute approximate surface area is 193 Å². The second-order valence-corrected chi connectivity index (χ2v) is 8.91. The summed E-state index contributed by atoms with van der Waals surface area (Å²) >= 11 is 1.23. The second-order valence-electron chi connectivity index (χ2n) is 8.05. The summed E-state index contributed by atoms with van der Waals surface area (Å²) in [6, 6.07) is 16.2. The molecule has 2 aromatic carbocycles. The molecule has 4 aromatic rings. The molecule has 0 radical (unpaired) electrons. The van der Waals surface area contributed by atoms with Gasteiger partial charge in [-0.2, -0.15) is 0 Å². The molecule has 1 saturated heterocycles. The van der Waals surface area contributed by atoms with E-state index >= 15 is 0 Å². The number of hydrogen-bond acceptors (Lipinski definition) is 6. The highest BCUT2D eigenvalue weighted by molar-refractivity contribution is 7.14. The average Bonchev–Trinajstić information content (AvgIpc) is 3.48. The van der Waals surface area contributed by atoms with Gasteiger partial charge in [-0.15, -0.1) is 11.3 Å². The Kier molecular flexibility index (Phi) is 4.98. The van der Waals surface area contributed by atoms with Crippen LogP contribution in [0.25, 0.3) is 22.4 Å². The van der Waals surface area contributed by atoms with Crippen molar-refractivity contribution in [3.63, 3.8) is 0 Å².